The van der Waals surface area contributed by atoms with Crippen molar-refractivity contribution in [1.29, 1.82) is 0 Å². The standard InChI is InChI=1S/C28H27FN4O3/c29-23-14-22-20(16-33(28(22)36)24-6-7-25(34)31-27(24)35)13-21(23)17-8-11-32(12-9-17)15-19-4-1-3-18-5-2-10-30-26(18)19/h1-5,10,13-14,17,24H,6-9,11-12,15-16H2,(H,31,34,35). The first-order chi connectivity index (χ1) is 17.5. The molecule has 2 aromatic carbocycles. The van der Waals surface area contributed by atoms with Gasteiger partial charge >= 0.3 is 0 Å². The highest BCUT2D eigenvalue weighted by Crippen LogP contribution is 2.36. The summed E-state index contributed by atoms with van der Waals surface area (Å²) in [6.45, 7) is 2.78. The third-order valence-corrected chi connectivity index (χ3v) is 7.78. The van der Waals surface area contributed by atoms with Crippen LogP contribution in [0.5, 0.6) is 0 Å². The maximum absolute atomic E-state index is 15.2. The Morgan fingerprint density at radius 2 is 1.83 bits per heavy atom. The van der Waals surface area contributed by atoms with Crippen molar-refractivity contribution in [3.63, 3.8) is 0 Å². The normalized spacial score (nSPS) is 21.2. The second-order valence-corrected chi connectivity index (χ2v) is 9.97. The number of likely N-dealkylation sites (tertiary alicyclic amines) is 1. The number of hydrogen-bond donors (Lipinski definition) is 1. The van der Waals surface area contributed by atoms with E-state index in [2.05, 4.69) is 39.5 Å². The van der Waals surface area contributed by atoms with Gasteiger partial charge in [0.2, 0.25) is 11.8 Å². The Morgan fingerprint density at radius 1 is 1.03 bits per heavy atom. The lowest BCUT2D eigenvalue weighted by atomic mass is 9.87. The van der Waals surface area contributed by atoms with E-state index in [0.29, 0.717) is 17.5 Å². The molecule has 1 aromatic heterocycles. The van der Waals surface area contributed by atoms with Crippen LogP contribution in [0.15, 0.2) is 48.7 Å². The monoisotopic (exact) mass is 486 g/mol. The molecule has 3 amide bonds. The number of fused-ring (bicyclic) bond motifs is 2. The number of carbonyl (C=O) groups is 3. The number of pyridine rings is 1. The van der Waals surface area contributed by atoms with Crippen LogP contribution in [0.2, 0.25) is 0 Å². The zero-order chi connectivity index (χ0) is 24.8. The summed E-state index contributed by atoms with van der Waals surface area (Å²) >= 11 is 0. The molecule has 4 heterocycles. The second-order valence-electron chi connectivity index (χ2n) is 9.97. The minimum absolute atomic E-state index is 0.0805. The molecule has 36 heavy (non-hydrogen) atoms. The second kappa shape index (κ2) is 9.09. The van der Waals surface area contributed by atoms with Crippen molar-refractivity contribution in [3.8, 4) is 0 Å². The van der Waals surface area contributed by atoms with Crippen molar-refractivity contribution in [3.05, 3.63) is 76.7 Å². The van der Waals surface area contributed by atoms with Crippen molar-refractivity contribution < 1.29 is 18.8 Å². The van der Waals surface area contributed by atoms with Gasteiger partial charge in [-0.2, -0.15) is 0 Å². The number of para-hydroxylation sites is 1. The smallest absolute Gasteiger partial charge is 0.255 e. The summed E-state index contributed by atoms with van der Waals surface area (Å²) in [4.78, 5) is 45.2. The van der Waals surface area contributed by atoms with Crippen molar-refractivity contribution in [2.45, 2.75) is 50.7 Å². The summed E-state index contributed by atoms with van der Waals surface area (Å²) in [6.07, 6.45) is 3.98. The maximum Gasteiger partial charge on any atom is 0.255 e. The highest BCUT2D eigenvalue weighted by molar-refractivity contribution is 6.05. The fraction of sp³-hybridized carbons (Fsp3) is 0.357. The Labute approximate surface area is 208 Å². The molecular weight excluding hydrogens is 459 g/mol. The Morgan fingerprint density at radius 3 is 2.64 bits per heavy atom. The molecule has 2 saturated heterocycles. The quantitative estimate of drug-likeness (QED) is 0.571. The van der Waals surface area contributed by atoms with E-state index < -0.39 is 11.9 Å². The van der Waals surface area contributed by atoms with Gasteiger partial charge in [-0.1, -0.05) is 30.3 Å². The fourth-order valence-corrected chi connectivity index (χ4v) is 5.86. The molecule has 184 valence electrons. The summed E-state index contributed by atoms with van der Waals surface area (Å²) in [5.74, 6) is -1.40. The Balaban J connectivity index is 1.15. The van der Waals surface area contributed by atoms with Crippen LogP contribution in [0, 0.1) is 5.82 Å². The summed E-state index contributed by atoms with van der Waals surface area (Å²) in [6, 6.07) is 12.7. The number of benzene rings is 2. The largest absolute Gasteiger partial charge is 0.322 e. The molecule has 7 nitrogen and oxygen atoms in total. The molecule has 0 aliphatic carbocycles. The van der Waals surface area contributed by atoms with Crippen molar-refractivity contribution in [1.82, 2.24) is 20.1 Å². The molecule has 2 fully saturated rings. The summed E-state index contributed by atoms with van der Waals surface area (Å²) in [5, 5.41) is 3.44. The van der Waals surface area contributed by atoms with E-state index >= 15 is 4.39 Å². The number of amides is 3. The van der Waals surface area contributed by atoms with Gasteiger partial charge in [0.1, 0.15) is 11.9 Å². The predicted octanol–water partition coefficient (Wildman–Crippen LogP) is 3.51. The van der Waals surface area contributed by atoms with Crippen LogP contribution in [-0.2, 0) is 22.7 Å². The molecule has 1 unspecified atom stereocenters. The lowest BCUT2D eigenvalue weighted by Crippen LogP contribution is -2.52. The first-order valence-electron chi connectivity index (χ1n) is 12.5. The molecule has 0 saturated carbocycles. The van der Waals surface area contributed by atoms with Crippen LogP contribution in [0.4, 0.5) is 4.39 Å². The minimum Gasteiger partial charge on any atom is -0.322 e. The molecule has 0 spiro atoms. The average Bonchev–Trinajstić information content (AvgIpc) is 3.19. The number of nitrogens with one attached hydrogen (secondary N) is 1. The molecular formula is C28H27FN4O3. The zero-order valence-electron chi connectivity index (χ0n) is 19.9. The molecule has 8 heteroatoms. The summed E-state index contributed by atoms with van der Waals surface area (Å²) < 4.78 is 15.2. The molecule has 1 atom stereocenters. The number of hydrogen-bond acceptors (Lipinski definition) is 5. The third kappa shape index (κ3) is 4.05. The lowest BCUT2D eigenvalue weighted by molar-refractivity contribution is -0.136. The van der Waals surface area contributed by atoms with Gasteiger partial charge in [-0.15, -0.1) is 0 Å². The SMILES string of the molecule is O=C1CCC(N2Cc3cc(C4CCN(Cc5cccc6cccnc56)CC4)c(F)cc3C2=O)C(=O)N1. The van der Waals surface area contributed by atoms with E-state index in [1.807, 2.05) is 18.3 Å². The molecule has 0 bridgehead atoms. The molecule has 3 aliphatic heterocycles. The Hall–Kier alpha value is -3.65. The highest BCUT2D eigenvalue weighted by atomic mass is 19.1. The number of imide groups is 1. The number of aromatic nitrogens is 1. The van der Waals surface area contributed by atoms with Gasteiger partial charge in [-0.25, -0.2) is 4.39 Å². The van der Waals surface area contributed by atoms with Gasteiger partial charge in [0.05, 0.1) is 5.52 Å². The first kappa shape index (κ1) is 22.8. The van der Waals surface area contributed by atoms with Crippen LogP contribution < -0.4 is 5.32 Å². The van der Waals surface area contributed by atoms with Crippen LogP contribution >= 0.6 is 0 Å². The van der Waals surface area contributed by atoms with Crippen LogP contribution in [0.1, 0.15) is 58.6 Å². The van der Waals surface area contributed by atoms with Crippen molar-refractivity contribution in [2.24, 2.45) is 0 Å². The third-order valence-electron chi connectivity index (χ3n) is 7.78. The number of nitrogens with zero attached hydrogens (tertiary/aromatic N) is 3. The number of rotatable bonds is 4. The number of piperidine rings is 2. The van der Waals surface area contributed by atoms with Gasteiger partial charge in [-0.05, 0) is 67.1 Å². The van der Waals surface area contributed by atoms with E-state index in [1.54, 1.807) is 0 Å². The van der Waals surface area contributed by atoms with Crippen LogP contribution in [0.25, 0.3) is 10.9 Å². The maximum atomic E-state index is 15.2. The van der Waals surface area contributed by atoms with Gasteiger partial charge in [0.15, 0.2) is 0 Å². The summed E-state index contributed by atoms with van der Waals surface area (Å²) in [7, 11) is 0. The predicted molar refractivity (Wildman–Crippen MR) is 131 cm³/mol. The topological polar surface area (TPSA) is 82.6 Å². The van der Waals surface area contributed by atoms with Gasteiger partial charge in [0.25, 0.3) is 5.91 Å². The lowest BCUT2D eigenvalue weighted by Gasteiger charge is -2.32. The Bertz CT molecular complexity index is 1380. The van der Waals surface area contributed by atoms with E-state index in [-0.39, 0.29) is 36.5 Å². The molecule has 0 radical (unpaired) electrons. The number of halogens is 1. The van der Waals surface area contributed by atoms with Crippen molar-refractivity contribution >= 4 is 28.6 Å². The molecule has 3 aliphatic rings. The van der Waals surface area contributed by atoms with E-state index in [9.17, 15) is 14.4 Å². The van der Waals surface area contributed by atoms with E-state index in [4.69, 9.17) is 0 Å². The van der Waals surface area contributed by atoms with Crippen LogP contribution in [0.3, 0.4) is 0 Å². The summed E-state index contributed by atoms with van der Waals surface area (Å²) in [5.41, 5.74) is 3.95. The van der Waals surface area contributed by atoms with Crippen molar-refractivity contribution in [2.75, 3.05) is 13.1 Å². The van der Waals surface area contributed by atoms with E-state index in [0.717, 1.165) is 48.9 Å². The fourth-order valence-electron chi connectivity index (χ4n) is 5.86. The molecule has 1 N–H and O–H groups in total. The molecule has 3 aromatic rings. The molecule has 6 rings (SSSR count). The first-order valence-corrected chi connectivity index (χ1v) is 12.5. The van der Waals surface area contributed by atoms with Gasteiger partial charge in [0, 0.05) is 36.7 Å². The van der Waals surface area contributed by atoms with Crippen LogP contribution in [-0.4, -0.2) is 51.6 Å². The van der Waals surface area contributed by atoms with Gasteiger partial charge in [-0.3, -0.25) is 29.6 Å². The van der Waals surface area contributed by atoms with E-state index in [1.165, 1.54) is 16.5 Å². The Kier molecular flexibility index (Phi) is 5.76. The number of carbonyl (C=O) groups excluding carboxylic acids is 3. The van der Waals surface area contributed by atoms with Gasteiger partial charge < -0.3 is 4.90 Å². The average molecular weight is 487 g/mol. The highest BCUT2D eigenvalue weighted by Gasteiger charge is 2.40. The zero-order valence-corrected chi connectivity index (χ0v) is 19.9. The minimum atomic E-state index is -0.694.